The first-order valence-corrected chi connectivity index (χ1v) is 13.6. The lowest BCUT2D eigenvalue weighted by atomic mass is 9.99. The van der Waals surface area contributed by atoms with Crippen molar-refractivity contribution in [3.05, 3.63) is 105 Å². The van der Waals surface area contributed by atoms with E-state index in [0.717, 1.165) is 48.6 Å². The van der Waals surface area contributed by atoms with E-state index in [9.17, 15) is 4.79 Å². The number of carbonyl (C=O) groups excluding carboxylic acids is 1. The zero-order valence-corrected chi connectivity index (χ0v) is 21.9. The maximum absolute atomic E-state index is 14.0. The van der Waals surface area contributed by atoms with Crippen LogP contribution in [0, 0.1) is 13.8 Å². The molecule has 0 spiro atoms. The number of urea groups is 1. The van der Waals surface area contributed by atoms with Gasteiger partial charge in [0.25, 0.3) is 0 Å². The zero-order valence-electron chi connectivity index (χ0n) is 21.1. The summed E-state index contributed by atoms with van der Waals surface area (Å²) in [7, 11) is 0. The summed E-state index contributed by atoms with van der Waals surface area (Å²) in [4.78, 5) is 20.0. The molecule has 0 radical (unpaired) electrons. The van der Waals surface area contributed by atoms with Gasteiger partial charge in [-0.15, -0.1) is 11.3 Å². The highest BCUT2D eigenvalue weighted by Crippen LogP contribution is 2.43. The van der Waals surface area contributed by atoms with Crippen molar-refractivity contribution >= 4 is 23.1 Å². The number of carbonyl (C=O) groups is 1. The molecular weight excluding hydrogens is 464 g/mol. The number of benzene rings is 2. The summed E-state index contributed by atoms with van der Waals surface area (Å²) in [5, 5.41) is 4.47. The van der Waals surface area contributed by atoms with Crippen LogP contribution in [-0.4, -0.2) is 33.5 Å². The molecule has 1 N–H and O–H groups in total. The number of nitrogens with zero attached hydrogens (tertiary/aromatic N) is 3. The third-order valence-electron chi connectivity index (χ3n) is 7.51. The van der Waals surface area contributed by atoms with Crippen LogP contribution in [0.3, 0.4) is 0 Å². The molecule has 2 aliphatic heterocycles. The second kappa shape index (κ2) is 9.26. The van der Waals surface area contributed by atoms with E-state index < -0.39 is 0 Å². The highest BCUT2D eigenvalue weighted by atomic mass is 32.1. The summed E-state index contributed by atoms with van der Waals surface area (Å²) in [5.74, 6) is 0. The van der Waals surface area contributed by atoms with Crippen molar-refractivity contribution in [3.63, 3.8) is 0 Å². The highest BCUT2D eigenvalue weighted by molar-refractivity contribution is 7.15. The summed E-state index contributed by atoms with van der Waals surface area (Å²) in [6.07, 6.45) is 3.20. The minimum atomic E-state index is -0.184. The number of aryl methyl sites for hydroxylation is 2. The monoisotopic (exact) mass is 496 g/mol. The van der Waals surface area contributed by atoms with E-state index in [1.165, 1.54) is 26.6 Å². The molecule has 36 heavy (non-hydrogen) atoms. The Morgan fingerprint density at radius 3 is 2.61 bits per heavy atom. The second-order valence-electron chi connectivity index (χ2n) is 9.95. The summed E-state index contributed by atoms with van der Waals surface area (Å²) in [5.41, 5.74) is 8.17. The van der Waals surface area contributed by atoms with E-state index in [4.69, 9.17) is 0 Å². The molecule has 1 atom stereocenters. The molecule has 2 aromatic carbocycles. The number of amides is 2. The lowest BCUT2D eigenvalue weighted by Crippen LogP contribution is -2.38. The molecular formula is C30H32N4OS. The van der Waals surface area contributed by atoms with Crippen LogP contribution in [0.25, 0.3) is 5.00 Å². The first-order chi connectivity index (χ1) is 17.5. The SMILES string of the molecule is CCN1CCc2c(sc3c2CN(C(=O)Nc2cccc(C)c2)[C@@H](c2ccc(C)cc2)c2cccn2-3)C1. The molecule has 0 saturated carbocycles. The van der Waals surface area contributed by atoms with E-state index in [1.807, 2.05) is 47.4 Å². The molecule has 0 fully saturated rings. The van der Waals surface area contributed by atoms with Crippen molar-refractivity contribution in [2.24, 2.45) is 0 Å². The first-order valence-electron chi connectivity index (χ1n) is 12.8. The minimum Gasteiger partial charge on any atom is -0.310 e. The Hall–Kier alpha value is -3.35. The standard InChI is InChI=1S/C30H32N4OS/c1-4-32-16-14-24-25-18-34(30(35)31-23-8-5-7-21(3)17-23)28(22-12-10-20(2)11-13-22)26-9-6-15-33(26)29(25)36-27(24)19-32/h5-13,15,17,28H,4,14,16,18-19H2,1-3H3,(H,31,35)/t28-/m0/s1. The molecule has 0 bridgehead atoms. The Morgan fingerprint density at radius 1 is 1.00 bits per heavy atom. The fraction of sp³-hybridized carbons (Fsp3) is 0.300. The van der Waals surface area contributed by atoms with Gasteiger partial charge in [-0.3, -0.25) is 4.90 Å². The van der Waals surface area contributed by atoms with Crippen molar-refractivity contribution in [1.82, 2.24) is 14.4 Å². The van der Waals surface area contributed by atoms with Crippen LogP contribution in [0.2, 0.25) is 0 Å². The first kappa shape index (κ1) is 23.1. The van der Waals surface area contributed by atoms with Gasteiger partial charge in [0.2, 0.25) is 0 Å². The number of hydrogen-bond donors (Lipinski definition) is 1. The van der Waals surface area contributed by atoms with E-state index >= 15 is 0 Å². The fourth-order valence-corrected chi connectivity index (χ4v) is 6.97. The van der Waals surface area contributed by atoms with Gasteiger partial charge in [-0.05, 0) is 67.8 Å². The van der Waals surface area contributed by atoms with Crippen molar-refractivity contribution in [1.29, 1.82) is 0 Å². The number of nitrogens with one attached hydrogen (secondary N) is 1. The number of aromatic nitrogens is 1. The van der Waals surface area contributed by atoms with E-state index in [0.29, 0.717) is 6.54 Å². The molecule has 2 amide bonds. The van der Waals surface area contributed by atoms with Gasteiger partial charge in [-0.2, -0.15) is 0 Å². The maximum atomic E-state index is 14.0. The Balaban J connectivity index is 1.48. The third-order valence-corrected chi connectivity index (χ3v) is 8.77. The summed E-state index contributed by atoms with van der Waals surface area (Å²) >= 11 is 1.90. The molecule has 4 heterocycles. The van der Waals surface area contributed by atoms with Gasteiger partial charge in [0.1, 0.15) is 5.00 Å². The maximum Gasteiger partial charge on any atom is 0.322 e. The largest absolute Gasteiger partial charge is 0.322 e. The molecule has 0 aliphatic carbocycles. The fourth-order valence-electron chi connectivity index (χ4n) is 5.56. The molecule has 5 nitrogen and oxygen atoms in total. The topological polar surface area (TPSA) is 40.5 Å². The predicted octanol–water partition coefficient (Wildman–Crippen LogP) is 6.67. The molecule has 184 valence electrons. The van der Waals surface area contributed by atoms with Crippen LogP contribution >= 0.6 is 11.3 Å². The summed E-state index contributed by atoms with van der Waals surface area (Å²) in [6.45, 7) is 10.1. The number of likely N-dealkylation sites (N-methyl/N-ethyl adjacent to an activating group) is 1. The molecule has 0 unspecified atom stereocenters. The molecule has 6 heteroatoms. The molecule has 2 aliphatic rings. The lowest BCUT2D eigenvalue weighted by Gasteiger charge is -2.32. The molecule has 6 rings (SSSR count). The van der Waals surface area contributed by atoms with Crippen molar-refractivity contribution in [2.75, 3.05) is 18.4 Å². The predicted molar refractivity (Wildman–Crippen MR) is 147 cm³/mol. The van der Waals surface area contributed by atoms with E-state index in [2.05, 4.69) is 71.2 Å². The van der Waals surface area contributed by atoms with Crippen LogP contribution in [0.15, 0.2) is 66.9 Å². The van der Waals surface area contributed by atoms with Crippen molar-refractivity contribution in [3.8, 4) is 5.00 Å². The van der Waals surface area contributed by atoms with Crippen molar-refractivity contribution < 1.29 is 4.79 Å². The van der Waals surface area contributed by atoms with Crippen molar-refractivity contribution in [2.45, 2.75) is 46.3 Å². The van der Waals surface area contributed by atoms with Gasteiger partial charge in [0, 0.05) is 35.4 Å². The number of rotatable bonds is 3. The van der Waals surface area contributed by atoms with Crippen LogP contribution < -0.4 is 5.32 Å². The molecule has 2 aromatic heterocycles. The Bertz CT molecular complexity index is 1420. The number of anilines is 1. The quantitative estimate of drug-likeness (QED) is 0.344. The second-order valence-corrected chi connectivity index (χ2v) is 11.0. The van der Waals surface area contributed by atoms with Crippen LogP contribution in [-0.2, 0) is 19.5 Å². The molecule has 4 aromatic rings. The van der Waals surface area contributed by atoms with Crippen LogP contribution in [0.1, 0.15) is 51.4 Å². The van der Waals surface area contributed by atoms with Gasteiger partial charge >= 0.3 is 6.03 Å². The summed E-state index contributed by atoms with van der Waals surface area (Å²) < 4.78 is 2.33. The van der Waals surface area contributed by atoms with Crippen LogP contribution in [0.4, 0.5) is 10.5 Å². The summed E-state index contributed by atoms with van der Waals surface area (Å²) in [6, 6.07) is 20.7. The lowest BCUT2D eigenvalue weighted by molar-refractivity contribution is 0.194. The minimum absolute atomic E-state index is 0.0716. The number of fused-ring (bicyclic) bond motifs is 5. The van der Waals surface area contributed by atoms with Gasteiger partial charge in [0.15, 0.2) is 0 Å². The number of hydrogen-bond acceptors (Lipinski definition) is 3. The smallest absolute Gasteiger partial charge is 0.310 e. The Morgan fingerprint density at radius 2 is 1.83 bits per heavy atom. The molecule has 0 saturated heterocycles. The van der Waals surface area contributed by atoms with Crippen LogP contribution in [0.5, 0.6) is 0 Å². The normalized spacial score (nSPS) is 17.2. The van der Waals surface area contributed by atoms with E-state index in [-0.39, 0.29) is 12.1 Å². The average Bonchev–Trinajstić information content (AvgIpc) is 3.46. The van der Waals surface area contributed by atoms with Gasteiger partial charge in [-0.25, -0.2) is 4.79 Å². The zero-order chi connectivity index (χ0) is 24.8. The third kappa shape index (κ3) is 4.04. The average molecular weight is 497 g/mol. The Kier molecular flexibility index (Phi) is 5.94. The highest BCUT2D eigenvalue weighted by Gasteiger charge is 2.36. The van der Waals surface area contributed by atoms with Gasteiger partial charge < -0.3 is 14.8 Å². The van der Waals surface area contributed by atoms with Gasteiger partial charge in [-0.1, -0.05) is 48.9 Å². The van der Waals surface area contributed by atoms with E-state index in [1.54, 1.807) is 0 Å². The Labute approximate surface area is 217 Å². The van der Waals surface area contributed by atoms with Gasteiger partial charge in [0.05, 0.1) is 18.3 Å². The number of thiophene rings is 1.